The second-order valence-corrected chi connectivity index (χ2v) is 2.38. The fourth-order valence-corrected chi connectivity index (χ4v) is 0.719. The highest BCUT2D eigenvalue weighted by atomic mass is 35.5. The van der Waals surface area contributed by atoms with Crippen molar-refractivity contribution in [2.24, 2.45) is 4.99 Å². The van der Waals surface area contributed by atoms with Crippen LogP contribution < -0.4 is 0 Å². The molecular weight excluding hydrogens is 165 g/mol. The van der Waals surface area contributed by atoms with Crippen LogP contribution in [0.5, 0.6) is 0 Å². The van der Waals surface area contributed by atoms with Crippen molar-refractivity contribution in [3.63, 3.8) is 0 Å². The quantitative estimate of drug-likeness (QED) is 0.329. The van der Waals surface area contributed by atoms with Crippen molar-refractivity contribution in [1.29, 1.82) is 0 Å². The molecular formula is C3H5Cl2N3O. The van der Waals surface area contributed by atoms with Crippen LogP contribution in [0.2, 0.25) is 0 Å². The highest BCUT2D eigenvalue weighted by Gasteiger charge is 2.17. The molecule has 1 heterocycles. The molecule has 0 aromatic heterocycles. The molecule has 0 fully saturated rings. The Morgan fingerprint density at radius 2 is 2.44 bits per heavy atom. The van der Waals surface area contributed by atoms with E-state index in [0.717, 1.165) is 5.06 Å². The van der Waals surface area contributed by atoms with E-state index in [-0.39, 0.29) is 6.67 Å². The molecule has 52 valence electrons. The van der Waals surface area contributed by atoms with Crippen molar-refractivity contribution >= 4 is 29.7 Å². The predicted molar refractivity (Wildman–Crippen MR) is 34.3 cm³/mol. The van der Waals surface area contributed by atoms with E-state index in [1.165, 1.54) is 10.8 Å². The van der Waals surface area contributed by atoms with Crippen LogP contribution in [0.15, 0.2) is 4.99 Å². The second kappa shape index (κ2) is 2.70. The fourth-order valence-electron chi connectivity index (χ4n) is 0.447. The third-order valence-corrected chi connectivity index (χ3v) is 1.37. The van der Waals surface area contributed by atoms with E-state index in [2.05, 4.69) is 4.99 Å². The van der Waals surface area contributed by atoms with Gasteiger partial charge in [-0.1, -0.05) is 11.6 Å². The van der Waals surface area contributed by atoms with Crippen molar-refractivity contribution in [2.45, 2.75) is 5.62 Å². The fraction of sp³-hybridized carbons (Fsp3) is 0.667. The van der Waals surface area contributed by atoms with E-state index in [0.29, 0.717) is 0 Å². The number of hydrogen-bond acceptors (Lipinski definition) is 4. The number of hydrogen-bond donors (Lipinski definition) is 1. The highest BCUT2D eigenvalue weighted by Crippen LogP contribution is 2.09. The lowest BCUT2D eigenvalue weighted by atomic mass is 10.8. The van der Waals surface area contributed by atoms with E-state index in [4.69, 9.17) is 28.6 Å². The molecule has 4 nitrogen and oxygen atoms in total. The summed E-state index contributed by atoms with van der Waals surface area (Å²) < 4.78 is 1.19. The van der Waals surface area contributed by atoms with Gasteiger partial charge in [-0.25, -0.2) is 4.99 Å². The normalized spacial score (nSPS) is 29.2. The molecule has 6 heteroatoms. The van der Waals surface area contributed by atoms with E-state index >= 15 is 0 Å². The molecule has 1 N–H and O–H groups in total. The maximum atomic E-state index is 8.81. The lowest BCUT2D eigenvalue weighted by Crippen LogP contribution is -2.38. The van der Waals surface area contributed by atoms with Crippen molar-refractivity contribution in [3.8, 4) is 0 Å². The van der Waals surface area contributed by atoms with Crippen LogP contribution in [0.25, 0.3) is 0 Å². The van der Waals surface area contributed by atoms with Gasteiger partial charge in [-0.2, -0.15) is 0 Å². The maximum Gasteiger partial charge on any atom is 0.202 e. The van der Waals surface area contributed by atoms with Crippen LogP contribution in [0, 0.1) is 0 Å². The van der Waals surface area contributed by atoms with Gasteiger partial charge in [0, 0.05) is 11.8 Å². The first kappa shape index (κ1) is 7.08. The Morgan fingerprint density at radius 1 is 1.78 bits per heavy atom. The first-order valence-corrected chi connectivity index (χ1v) is 3.03. The third-order valence-electron chi connectivity index (χ3n) is 0.841. The van der Waals surface area contributed by atoms with Crippen molar-refractivity contribution < 1.29 is 5.21 Å². The van der Waals surface area contributed by atoms with E-state index in [1.807, 2.05) is 0 Å². The molecule has 1 atom stereocenters. The molecule has 1 rings (SSSR count). The zero-order chi connectivity index (χ0) is 6.85. The predicted octanol–water partition coefficient (Wildman–Crippen LogP) is 0.655. The van der Waals surface area contributed by atoms with Gasteiger partial charge in [0.2, 0.25) is 5.62 Å². The Bertz CT molecular complexity index is 130. The van der Waals surface area contributed by atoms with Crippen LogP contribution in [-0.2, 0) is 0 Å². The summed E-state index contributed by atoms with van der Waals surface area (Å²) in [5.74, 6) is 0. The molecule has 1 unspecified atom stereocenters. The van der Waals surface area contributed by atoms with Crippen LogP contribution in [0.4, 0.5) is 0 Å². The number of hydroxylamine groups is 2. The topological polar surface area (TPSA) is 39.1 Å². The summed E-state index contributed by atoms with van der Waals surface area (Å²) in [5.41, 5.74) is -0.708. The SMILES string of the molecule is ON1CN(Cl)C=NC1Cl. The molecule has 0 aromatic carbocycles. The molecule has 9 heavy (non-hydrogen) atoms. The highest BCUT2D eigenvalue weighted by molar-refractivity contribution is 6.22. The molecule has 0 amide bonds. The first-order chi connectivity index (χ1) is 4.20. The average Bonchev–Trinajstić information content (AvgIpc) is 1.80. The Labute approximate surface area is 62.3 Å². The monoisotopic (exact) mass is 169 g/mol. The minimum Gasteiger partial charge on any atom is -0.309 e. The van der Waals surface area contributed by atoms with E-state index < -0.39 is 5.62 Å². The summed E-state index contributed by atoms with van der Waals surface area (Å²) in [5, 5.41) is 9.62. The van der Waals surface area contributed by atoms with E-state index in [1.54, 1.807) is 0 Å². The molecule has 1 aliphatic rings. The lowest BCUT2D eigenvalue weighted by Gasteiger charge is -2.24. The van der Waals surface area contributed by atoms with Gasteiger partial charge in [-0.05, 0) is 0 Å². The standard InChI is InChI=1S/C3H5Cl2N3O/c4-3-6-1-7(5)2-8(3)9/h1,3,9H,2H2. The largest absolute Gasteiger partial charge is 0.309 e. The number of alkyl halides is 1. The number of halogens is 2. The van der Waals surface area contributed by atoms with Crippen molar-refractivity contribution in [3.05, 3.63) is 0 Å². The first-order valence-electron chi connectivity index (χ1n) is 2.25. The Kier molecular flexibility index (Phi) is 2.13. The van der Waals surface area contributed by atoms with Gasteiger partial charge in [-0.3, -0.25) is 4.42 Å². The second-order valence-electron chi connectivity index (χ2n) is 1.56. The summed E-state index contributed by atoms with van der Waals surface area (Å²) >= 11 is 10.8. The minimum absolute atomic E-state index is 0.166. The number of nitrogens with zero attached hydrogens (tertiary/aromatic N) is 3. The Hall–Kier alpha value is -0.0300. The molecule has 0 saturated carbocycles. The van der Waals surface area contributed by atoms with Gasteiger partial charge in [0.1, 0.15) is 13.0 Å². The molecule has 0 aromatic rings. The van der Waals surface area contributed by atoms with Crippen molar-refractivity contribution in [1.82, 2.24) is 9.48 Å². The summed E-state index contributed by atoms with van der Waals surface area (Å²) in [6.45, 7) is 0.166. The summed E-state index contributed by atoms with van der Waals surface area (Å²) in [6, 6.07) is 0. The van der Waals surface area contributed by atoms with Crippen LogP contribution >= 0.6 is 23.4 Å². The molecule has 0 aliphatic carbocycles. The molecule has 0 spiro atoms. The van der Waals surface area contributed by atoms with Crippen LogP contribution in [0.1, 0.15) is 0 Å². The van der Waals surface area contributed by atoms with Crippen LogP contribution in [0.3, 0.4) is 0 Å². The van der Waals surface area contributed by atoms with Gasteiger partial charge in [0.15, 0.2) is 0 Å². The summed E-state index contributed by atoms with van der Waals surface area (Å²) in [6.07, 6.45) is 1.35. The third kappa shape index (κ3) is 1.69. The maximum absolute atomic E-state index is 8.81. The van der Waals surface area contributed by atoms with Gasteiger partial charge in [0.05, 0.1) is 0 Å². The Morgan fingerprint density at radius 3 is 2.89 bits per heavy atom. The zero-order valence-electron chi connectivity index (χ0n) is 4.41. The number of aliphatic imine (C=N–C) groups is 1. The zero-order valence-corrected chi connectivity index (χ0v) is 5.92. The van der Waals surface area contributed by atoms with Gasteiger partial charge >= 0.3 is 0 Å². The molecule has 0 bridgehead atoms. The summed E-state index contributed by atoms with van der Waals surface area (Å²) in [4.78, 5) is 3.60. The summed E-state index contributed by atoms with van der Waals surface area (Å²) in [7, 11) is 0. The van der Waals surface area contributed by atoms with Gasteiger partial charge < -0.3 is 5.21 Å². The molecule has 0 saturated heterocycles. The van der Waals surface area contributed by atoms with Crippen molar-refractivity contribution in [2.75, 3.05) is 6.67 Å². The Balaban J connectivity index is 2.54. The van der Waals surface area contributed by atoms with Crippen LogP contribution in [-0.4, -0.2) is 33.3 Å². The average molecular weight is 170 g/mol. The molecule has 0 radical (unpaired) electrons. The molecule has 1 aliphatic heterocycles. The minimum atomic E-state index is -0.708. The van der Waals surface area contributed by atoms with Gasteiger partial charge in [-0.15, -0.1) is 5.06 Å². The van der Waals surface area contributed by atoms with Gasteiger partial charge in [0.25, 0.3) is 0 Å². The lowest BCUT2D eigenvalue weighted by molar-refractivity contribution is -0.119. The van der Waals surface area contributed by atoms with E-state index in [9.17, 15) is 0 Å². The number of rotatable bonds is 0. The smallest absolute Gasteiger partial charge is 0.202 e.